The number of hydrogen-bond donors (Lipinski definition) is 0. The fourth-order valence-corrected chi connectivity index (χ4v) is 3.36. The van der Waals surface area contributed by atoms with Crippen molar-refractivity contribution in [2.75, 3.05) is 19.7 Å². The van der Waals surface area contributed by atoms with Crippen LogP contribution in [0, 0.1) is 12.8 Å². The molecule has 0 unspecified atom stereocenters. The molecule has 1 saturated heterocycles. The molecule has 1 aliphatic heterocycles. The number of alkyl halides is 3. The number of rotatable bonds is 4. The lowest BCUT2D eigenvalue weighted by Crippen LogP contribution is -2.39. The quantitative estimate of drug-likeness (QED) is 0.807. The number of likely N-dealkylation sites (tertiary alicyclic amines) is 1. The first-order valence-electron chi connectivity index (χ1n) is 8.10. The van der Waals surface area contributed by atoms with Crippen molar-refractivity contribution in [2.24, 2.45) is 5.92 Å². The molecule has 0 saturated carbocycles. The molecule has 0 spiro atoms. The summed E-state index contributed by atoms with van der Waals surface area (Å²) in [7, 11) is 0. The van der Waals surface area contributed by atoms with Crippen LogP contribution in [0.15, 0.2) is 18.2 Å². The predicted molar refractivity (Wildman–Crippen MR) is 88.0 cm³/mol. The standard InChI is InChI=1S/C16H17F3N4O2S/c1-10-14(26-22-21-10)15(24)23-7-5-11(6-8-23)9-25-13-4-2-3-12(20-13)16(17,18)19/h2-4,11H,5-9H2,1H3. The summed E-state index contributed by atoms with van der Waals surface area (Å²) in [5, 5.41) is 3.85. The molecule has 0 bridgehead atoms. The van der Waals surface area contributed by atoms with E-state index >= 15 is 0 Å². The van der Waals surface area contributed by atoms with Crippen molar-refractivity contribution in [3.63, 3.8) is 0 Å². The molecule has 0 N–H and O–H groups in total. The summed E-state index contributed by atoms with van der Waals surface area (Å²) < 4.78 is 47.2. The number of piperidine rings is 1. The van der Waals surface area contributed by atoms with Crippen LogP contribution in [0.25, 0.3) is 0 Å². The van der Waals surface area contributed by atoms with Crippen LogP contribution in [0.1, 0.15) is 33.9 Å². The largest absolute Gasteiger partial charge is 0.477 e. The van der Waals surface area contributed by atoms with Crippen LogP contribution in [0.2, 0.25) is 0 Å². The summed E-state index contributed by atoms with van der Waals surface area (Å²) in [5.74, 6) is 0.0529. The number of hydrogen-bond acceptors (Lipinski definition) is 6. The summed E-state index contributed by atoms with van der Waals surface area (Å²) in [6.07, 6.45) is -3.05. The highest BCUT2D eigenvalue weighted by Crippen LogP contribution is 2.29. The van der Waals surface area contributed by atoms with Crippen molar-refractivity contribution in [3.05, 3.63) is 34.5 Å². The molecule has 3 rings (SSSR count). The first-order chi connectivity index (χ1) is 12.3. The molecular weight excluding hydrogens is 369 g/mol. The zero-order valence-corrected chi connectivity index (χ0v) is 14.8. The first-order valence-corrected chi connectivity index (χ1v) is 8.87. The minimum Gasteiger partial charge on any atom is -0.477 e. The van der Waals surface area contributed by atoms with Crippen LogP contribution in [-0.2, 0) is 6.18 Å². The van der Waals surface area contributed by atoms with E-state index in [0.717, 1.165) is 30.4 Å². The van der Waals surface area contributed by atoms with Crippen molar-refractivity contribution in [1.82, 2.24) is 19.5 Å². The Kier molecular flexibility index (Phi) is 5.40. The van der Waals surface area contributed by atoms with E-state index in [1.165, 1.54) is 12.1 Å². The zero-order chi connectivity index (χ0) is 18.7. The van der Waals surface area contributed by atoms with Crippen LogP contribution in [0.4, 0.5) is 13.2 Å². The van der Waals surface area contributed by atoms with Crippen LogP contribution < -0.4 is 4.74 Å². The number of carbonyl (C=O) groups is 1. The van der Waals surface area contributed by atoms with Gasteiger partial charge >= 0.3 is 6.18 Å². The highest BCUT2D eigenvalue weighted by molar-refractivity contribution is 7.07. The average Bonchev–Trinajstić information content (AvgIpc) is 3.05. The van der Waals surface area contributed by atoms with Crippen molar-refractivity contribution < 1.29 is 22.7 Å². The number of aryl methyl sites for hydroxylation is 1. The second kappa shape index (κ2) is 7.56. The number of carbonyl (C=O) groups excluding carboxylic acids is 1. The first kappa shape index (κ1) is 18.6. The Hall–Kier alpha value is -2.23. The minimum absolute atomic E-state index is 0.0373. The lowest BCUT2D eigenvalue weighted by atomic mass is 9.97. The zero-order valence-electron chi connectivity index (χ0n) is 14.0. The Balaban J connectivity index is 1.50. The Bertz CT molecular complexity index is 773. The molecule has 1 amide bonds. The van der Waals surface area contributed by atoms with E-state index in [0.29, 0.717) is 23.7 Å². The molecule has 140 valence electrons. The second-order valence-corrected chi connectivity index (χ2v) is 6.85. The van der Waals surface area contributed by atoms with Crippen molar-refractivity contribution >= 4 is 17.4 Å². The van der Waals surface area contributed by atoms with Gasteiger partial charge in [-0.2, -0.15) is 13.2 Å². The summed E-state index contributed by atoms with van der Waals surface area (Å²) in [6, 6.07) is 3.60. The molecule has 3 heterocycles. The summed E-state index contributed by atoms with van der Waals surface area (Å²) in [4.78, 5) is 18.2. The van der Waals surface area contributed by atoms with Gasteiger partial charge in [-0.05, 0) is 43.3 Å². The lowest BCUT2D eigenvalue weighted by Gasteiger charge is -2.31. The van der Waals surface area contributed by atoms with Crippen molar-refractivity contribution in [1.29, 1.82) is 0 Å². The Morgan fingerprint density at radius 3 is 2.69 bits per heavy atom. The van der Waals surface area contributed by atoms with E-state index in [1.807, 2.05) is 0 Å². The topological polar surface area (TPSA) is 68.2 Å². The van der Waals surface area contributed by atoms with Crippen LogP contribution in [0.3, 0.4) is 0 Å². The van der Waals surface area contributed by atoms with E-state index in [1.54, 1.807) is 11.8 Å². The predicted octanol–water partition coefficient (Wildman–Crippen LogP) is 3.19. The van der Waals surface area contributed by atoms with E-state index in [4.69, 9.17) is 4.74 Å². The number of pyridine rings is 1. The molecule has 6 nitrogen and oxygen atoms in total. The molecule has 26 heavy (non-hydrogen) atoms. The van der Waals surface area contributed by atoms with E-state index < -0.39 is 11.9 Å². The Morgan fingerprint density at radius 2 is 2.08 bits per heavy atom. The van der Waals surface area contributed by atoms with Gasteiger partial charge < -0.3 is 9.64 Å². The molecule has 0 atom stereocenters. The van der Waals surface area contributed by atoms with Gasteiger partial charge in [-0.15, -0.1) is 5.10 Å². The average molecular weight is 386 g/mol. The Morgan fingerprint density at radius 1 is 1.35 bits per heavy atom. The van der Waals surface area contributed by atoms with Gasteiger partial charge in [0.15, 0.2) is 0 Å². The van der Waals surface area contributed by atoms with Crippen molar-refractivity contribution in [3.8, 4) is 5.88 Å². The molecule has 0 radical (unpaired) electrons. The van der Waals surface area contributed by atoms with Crippen LogP contribution >= 0.6 is 11.5 Å². The number of aromatic nitrogens is 3. The third-order valence-electron chi connectivity index (χ3n) is 4.23. The maximum absolute atomic E-state index is 12.7. The SMILES string of the molecule is Cc1nnsc1C(=O)N1CCC(COc2cccc(C(F)(F)F)n2)CC1. The van der Waals surface area contributed by atoms with Crippen LogP contribution in [-0.4, -0.2) is 45.1 Å². The molecule has 1 fully saturated rings. The molecule has 2 aromatic rings. The number of nitrogens with zero attached hydrogens (tertiary/aromatic N) is 4. The molecule has 2 aromatic heterocycles. The maximum atomic E-state index is 12.7. The number of ether oxygens (including phenoxy) is 1. The minimum atomic E-state index is -4.49. The maximum Gasteiger partial charge on any atom is 0.433 e. The van der Waals surface area contributed by atoms with Crippen LogP contribution in [0.5, 0.6) is 5.88 Å². The molecule has 1 aliphatic rings. The molecule has 10 heteroatoms. The van der Waals surface area contributed by atoms with Gasteiger partial charge in [0.05, 0.1) is 12.3 Å². The van der Waals surface area contributed by atoms with E-state index in [2.05, 4.69) is 14.6 Å². The molecule has 0 aliphatic carbocycles. The fourth-order valence-electron chi connectivity index (χ4n) is 2.73. The highest BCUT2D eigenvalue weighted by Gasteiger charge is 2.33. The second-order valence-electron chi connectivity index (χ2n) is 6.09. The summed E-state index contributed by atoms with van der Waals surface area (Å²) >= 11 is 1.09. The third-order valence-corrected chi connectivity index (χ3v) is 5.04. The normalized spacial score (nSPS) is 15.9. The Labute approximate surface area is 152 Å². The summed E-state index contributed by atoms with van der Waals surface area (Å²) in [5.41, 5.74) is -0.343. The smallest absolute Gasteiger partial charge is 0.433 e. The van der Waals surface area contributed by atoms with Gasteiger partial charge in [-0.1, -0.05) is 10.6 Å². The van der Waals surface area contributed by atoms with Gasteiger partial charge in [0.1, 0.15) is 10.6 Å². The highest BCUT2D eigenvalue weighted by atomic mass is 32.1. The summed E-state index contributed by atoms with van der Waals surface area (Å²) in [6.45, 7) is 3.16. The van der Waals surface area contributed by atoms with E-state index in [9.17, 15) is 18.0 Å². The molecular formula is C16H17F3N4O2S. The number of halogens is 3. The van der Waals surface area contributed by atoms with Gasteiger partial charge in [0.25, 0.3) is 5.91 Å². The third kappa shape index (κ3) is 4.29. The van der Waals surface area contributed by atoms with Gasteiger partial charge in [-0.3, -0.25) is 4.79 Å². The molecule has 0 aromatic carbocycles. The monoisotopic (exact) mass is 386 g/mol. The number of amides is 1. The van der Waals surface area contributed by atoms with Gasteiger partial charge in [0.2, 0.25) is 5.88 Å². The van der Waals surface area contributed by atoms with Gasteiger partial charge in [-0.25, -0.2) is 4.98 Å². The fraction of sp³-hybridized carbons (Fsp3) is 0.500. The van der Waals surface area contributed by atoms with Gasteiger partial charge in [0, 0.05) is 19.2 Å². The van der Waals surface area contributed by atoms with E-state index in [-0.39, 0.29) is 24.3 Å². The van der Waals surface area contributed by atoms with Crippen molar-refractivity contribution in [2.45, 2.75) is 25.9 Å². The lowest BCUT2D eigenvalue weighted by molar-refractivity contribution is -0.141.